The maximum atomic E-state index is 11.0. The Morgan fingerprint density at radius 2 is 2.50 bits per heavy atom. The van der Waals surface area contributed by atoms with E-state index in [2.05, 4.69) is 32.4 Å². The molecule has 1 aromatic heterocycles. The minimum atomic E-state index is -0.349. The Balaban J connectivity index is 2.77. The average molecular weight is 280 g/mol. The number of hydrogen-bond acceptors (Lipinski definition) is 3. The van der Waals surface area contributed by atoms with Crippen LogP contribution in [0.15, 0.2) is 12.4 Å². The molecule has 12 heavy (non-hydrogen) atoms. The van der Waals surface area contributed by atoms with E-state index in [0.29, 0.717) is 0 Å². The van der Waals surface area contributed by atoms with Crippen molar-refractivity contribution in [2.24, 2.45) is 0 Å². The quantitative estimate of drug-likeness (QED) is 0.604. The fraction of sp³-hybridized carbons (Fsp3) is 0.429. The molecule has 1 unspecified atom stereocenters. The summed E-state index contributed by atoms with van der Waals surface area (Å²) in [6.45, 7) is 1.74. The first-order chi connectivity index (χ1) is 5.65. The van der Waals surface area contributed by atoms with E-state index in [1.165, 1.54) is 7.11 Å². The molecule has 1 heterocycles. The second-order valence-corrected chi connectivity index (χ2v) is 3.58. The number of methoxy groups -OCH3 is 1. The van der Waals surface area contributed by atoms with E-state index >= 15 is 0 Å². The highest BCUT2D eigenvalue weighted by atomic mass is 127. The number of nitrogens with zero attached hydrogens (tertiary/aromatic N) is 2. The lowest BCUT2D eigenvalue weighted by Gasteiger charge is -2.08. The van der Waals surface area contributed by atoms with Crippen LogP contribution in [0.3, 0.4) is 0 Å². The fourth-order valence-electron chi connectivity index (χ4n) is 0.805. The Labute approximate surface area is 84.0 Å². The van der Waals surface area contributed by atoms with Crippen molar-refractivity contribution in [2.45, 2.75) is 13.0 Å². The van der Waals surface area contributed by atoms with Gasteiger partial charge >= 0.3 is 5.97 Å². The zero-order chi connectivity index (χ0) is 9.14. The lowest BCUT2D eigenvalue weighted by atomic mass is 10.3. The minimum absolute atomic E-state index is 0.283. The Morgan fingerprint density at radius 1 is 1.83 bits per heavy atom. The van der Waals surface area contributed by atoms with Gasteiger partial charge in [-0.25, -0.2) is 4.79 Å². The van der Waals surface area contributed by atoms with Crippen molar-refractivity contribution >= 4 is 28.6 Å². The molecule has 1 atom stereocenters. The van der Waals surface area contributed by atoms with Crippen LogP contribution in [-0.2, 0) is 9.53 Å². The first kappa shape index (κ1) is 9.50. The molecule has 0 radical (unpaired) electrons. The number of aromatic nitrogens is 2. The van der Waals surface area contributed by atoms with Crippen LogP contribution in [0.5, 0.6) is 0 Å². The lowest BCUT2D eigenvalue weighted by Crippen LogP contribution is -2.17. The topological polar surface area (TPSA) is 44.1 Å². The largest absolute Gasteiger partial charge is 0.467 e. The summed E-state index contributed by atoms with van der Waals surface area (Å²) in [5, 5.41) is 3.99. The number of hydrogen-bond donors (Lipinski definition) is 0. The third-order valence-electron chi connectivity index (χ3n) is 1.51. The van der Waals surface area contributed by atoms with Gasteiger partial charge in [-0.05, 0) is 29.5 Å². The molecule has 0 N–H and O–H groups in total. The van der Waals surface area contributed by atoms with Crippen molar-refractivity contribution in [1.82, 2.24) is 9.78 Å². The number of carbonyl (C=O) groups excluding carboxylic acids is 1. The SMILES string of the molecule is COC(=O)C(C)n1cc(I)cn1. The van der Waals surface area contributed by atoms with Crippen LogP contribution in [-0.4, -0.2) is 22.9 Å². The van der Waals surface area contributed by atoms with E-state index in [4.69, 9.17) is 0 Å². The first-order valence-corrected chi connectivity index (χ1v) is 4.50. The standard InChI is InChI=1S/C7H9IN2O2/c1-5(7(11)12-2)10-4-6(8)3-9-10/h3-5H,1-2H3. The number of carbonyl (C=O) groups is 1. The van der Waals surface area contributed by atoms with Gasteiger partial charge in [-0.15, -0.1) is 0 Å². The Morgan fingerprint density at radius 3 is 2.92 bits per heavy atom. The van der Waals surface area contributed by atoms with Crippen molar-refractivity contribution in [3.05, 3.63) is 16.0 Å². The van der Waals surface area contributed by atoms with Gasteiger partial charge in [0.25, 0.3) is 0 Å². The molecule has 0 aromatic carbocycles. The molecule has 0 aliphatic carbocycles. The van der Waals surface area contributed by atoms with Gasteiger partial charge in [0.15, 0.2) is 0 Å². The van der Waals surface area contributed by atoms with Gasteiger partial charge in [-0.3, -0.25) is 4.68 Å². The summed E-state index contributed by atoms with van der Waals surface area (Å²) < 4.78 is 7.15. The second kappa shape index (κ2) is 3.88. The summed E-state index contributed by atoms with van der Waals surface area (Å²) in [6, 6.07) is -0.349. The third-order valence-corrected chi connectivity index (χ3v) is 2.07. The van der Waals surface area contributed by atoms with Crippen molar-refractivity contribution in [1.29, 1.82) is 0 Å². The number of halogens is 1. The molecular weight excluding hydrogens is 271 g/mol. The van der Waals surface area contributed by atoms with Crippen LogP contribution < -0.4 is 0 Å². The van der Waals surface area contributed by atoms with Crippen molar-refractivity contribution in [2.75, 3.05) is 7.11 Å². The van der Waals surface area contributed by atoms with E-state index in [0.717, 1.165) is 3.57 Å². The van der Waals surface area contributed by atoms with Gasteiger partial charge in [-0.1, -0.05) is 0 Å². The van der Waals surface area contributed by atoms with Gasteiger partial charge in [0, 0.05) is 6.20 Å². The maximum absolute atomic E-state index is 11.0. The highest BCUT2D eigenvalue weighted by molar-refractivity contribution is 14.1. The van der Waals surface area contributed by atoms with Crippen LogP contribution >= 0.6 is 22.6 Å². The predicted molar refractivity (Wildman–Crippen MR) is 51.7 cm³/mol. The van der Waals surface area contributed by atoms with E-state index in [9.17, 15) is 4.79 Å². The number of rotatable bonds is 2. The third kappa shape index (κ3) is 1.96. The predicted octanol–water partition coefficient (Wildman–Crippen LogP) is 1.22. The highest BCUT2D eigenvalue weighted by Gasteiger charge is 2.15. The minimum Gasteiger partial charge on any atom is -0.467 e. The molecular formula is C7H9IN2O2. The summed E-state index contributed by atoms with van der Waals surface area (Å²) in [7, 11) is 1.37. The fourth-order valence-corrected chi connectivity index (χ4v) is 1.22. The normalized spacial score (nSPS) is 12.6. The van der Waals surface area contributed by atoms with Crippen LogP contribution in [0.25, 0.3) is 0 Å². The molecule has 1 rings (SSSR count). The molecule has 0 aliphatic rings. The molecule has 1 aromatic rings. The molecule has 0 saturated carbocycles. The molecule has 66 valence electrons. The summed E-state index contributed by atoms with van der Waals surface area (Å²) >= 11 is 2.13. The molecule has 0 aliphatic heterocycles. The first-order valence-electron chi connectivity index (χ1n) is 3.42. The zero-order valence-electron chi connectivity index (χ0n) is 6.82. The molecule has 0 bridgehead atoms. The summed E-state index contributed by atoms with van der Waals surface area (Å²) in [5.41, 5.74) is 0. The van der Waals surface area contributed by atoms with Gasteiger partial charge < -0.3 is 4.74 Å². The summed E-state index contributed by atoms with van der Waals surface area (Å²) in [4.78, 5) is 11.0. The van der Waals surface area contributed by atoms with Crippen LogP contribution in [0, 0.1) is 3.57 Å². The van der Waals surface area contributed by atoms with E-state index in [-0.39, 0.29) is 12.0 Å². The Hall–Kier alpha value is -0.590. The molecule has 0 amide bonds. The van der Waals surface area contributed by atoms with Crippen molar-refractivity contribution < 1.29 is 9.53 Å². The van der Waals surface area contributed by atoms with Crippen LogP contribution in [0.4, 0.5) is 0 Å². The molecule has 0 fully saturated rings. The molecule has 4 nitrogen and oxygen atoms in total. The maximum Gasteiger partial charge on any atom is 0.330 e. The monoisotopic (exact) mass is 280 g/mol. The number of ether oxygens (including phenoxy) is 1. The zero-order valence-corrected chi connectivity index (χ0v) is 8.98. The van der Waals surface area contributed by atoms with Gasteiger partial charge in [-0.2, -0.15) is 5.10 Å². The van der Waals surface area contributed by atoms with Crippen LogP contribution in [0.2, 0.25) is 0 Å². The average Bonchev–Trinajstić information content (AvgIpc) is 2.49. The molecule has 0 saturated heterocycles. The lowest BCUT2D eigenvalue weighted by molar-refractivity contribution is -0.144. The van der Waals surface area contributed by atoms with E-state index in [1.54, 1.807) is 24.0 Å². The van der Waals surface area contributed by atoms with E-state index in [1.807, 2.05) is 0 Å². The molecule has 5 heteroatoms. The smallest absolute Gasteiger partial charge is 0.330 e. The van der Waals surface area contributed by atoms with Crippen molar-refractivity contribution in [3.63, 3.8) is 0 Å². The molecule has 0 spiro atoms. The second-order valence-electron chi connectivity index (χ2n) is 2.34. The van der Waals surface area contributed by atoms with E-state index < -0.39 is 0 Å². The Bertz CT molecular complexity index is 285. The summed E-state index contributed by atoms with van der Waals surface area (Å²) in [5.74, 6) is -0.283. The Kier molecular flexibility index (Phi) is 3.07. The number of esters is 1. The van der Waals surface area contributed by atoms with Crippen LogP contribution in [0.1, 0.15) is 13.0 Å². The van der Waals surface area contributed by atoms with Gasteiger partial charge in [0.1, 0.15) is 6.04 Å². The van der Waals surface area contributed by atoms with Gasteiger partial charge in [0.05, 0.1) is 16.9 Å². The highest BCUT2D eigenvalue weighted by Crippen LogP contribution is 2.09. The van der Waals surface area contributed by atoms with Gasteiger partial charge in [0.2, 0.25) is 0 Å². The summed E-state index contributed by atoms with van der Waals surface area (Å²) in [6.07, 6.45) is 3.49. The van der Waals surface area contributed by atoms with Crippen molar-refractivity contribution in [3.8, 4) is 0 Å².